The van der Waals surface area contributed by atoms with Crippen molar-refractivity contribution in [2.24, 2.45) is 0 Å². The van der Waals surface area contributed by atoms with Gasteiger partial charge in [-0.3, -0.25) is 19.4 Å². The molecule has 138 valence electrons. The summed E-state index contributed by atoms with van der Waals surface area (Å²) >= 11 is 0. The Hall–Kier alpha value is -1.18. The van der Waals surface area contributed by atoms with E-state index in [1.165, 1.54) is 0 Å². The van der Waals surface area contributed by atoms with Crippen LogP contribution in [-0.2, 0) is 14.3 Å². The van der Waals surface area contributed by atoms with Crippen LogP contribution >= 0.6 is 0 Å². The molecule has 1 atom stereocenters. The topological polar surface area (TPSA) is 65.1 Å². The predicted molar refractivity (Wildman–Crippen MR) is 92.8 cm³/mol. The van der Waals surface area contributed by atoms with Gasteiger partial charge in [0.05, 0.1) is 25.8 Å². The van der Waals surface area contributed by atoms with E-state index in [0.29, 0.717) is 32.8 Å². The van der Waals surface area contributed by atoms with Gasteiger partial charge in [0.25, 0.3) is 0 Å². The Morgan fingerprint density at radius 1 is 1.04 bits per heavy atom. The minimum atomic E-state index is 0.0975. The van der Waals surface area contributed by atoms with Crippen LogP contribution in [0.3, 0.4) is 0 Å². The van der Waals surface area contributed by atoms with Crippen molar-refractivity contribution in [2.45, 2.75) is 32.8 Å². The van der Waals surface area contributed by atoms with Crippen LogP contribution < -0.4 is 5.32 Å². The summed E-state index contributed by atoms with van der Waals surface area (Å²) < 4.78 is 5.62. The van der Waals surface area contributed by atoms with Crippen molar-refractivity contribution in [1.29, 1.82) is 0 Å². The zero-order valence-corrected chi connectivity index (χ0v) is 15.1. The molecule has 24 heavy (non-hydrogen) atoms. The fourth-order valence-corrected chi connectivity index (χ4v) is 3.11. The molecule has 2 amide bonds. The molecule has 7 heteroatoms. The lowest BCUT2D eigenvalue weighted by Crippen LogP contribution is -2.53. The summed E-state index contributed by atoms with van der Waals surface area (Å²) in [5, 5.41) is 2.91. The van der Waals surface area contributed by atoms with Gasteiger partial charge in [0.1, 0.15) is 0 Å². The summed E-state index contributed by atoms with van der Waals surface area (Å²) in [5.74, 6) is 0.297. The van der Waals surface area contributed by atoms with Gasteiger partial charge in [-0.2, -0.15) is 0 Å². The fraction of sp³-hybridized carbons (Fsp3) is 0.882. The van der Waals surface area contributed by atoms with E-state index in [-0.39, 0.29) is 17.9 Å². The second-order valence-corrected chi connectivity index (χ2v) is 6.64. The van der Waals surface area contributed by atoms with E-state index in [0.717, 1.165) is 45.6 Å². The molecule has 7 nitrogen and oxygen atoms in total. The first kappa shape index (κ1) is 19.1. The van der Waals surface area contributed by atoms with Gasteiger partial charge in [-0.05, 0) is 12.8 Å². The second kappa shape index (κ2) is 9.96. The molecule has 2 aliphatic heterocycles. The van der Waals surface area contributed by atoms with Crippen LogP contribution in [0.5, 0.6) is 0 Å². The van der Waals surface area contributed by atoms with Gasteiger partial charge in [0.15, 0.2) is 0 Å². The largest absolute Gasteiger partial charge is 0.375 e. The van der Waals surface area contributed by atoms with Gasteiger partial charge in [-0.25, -0.2) is 0 Å². The lowest BCUT2D eigenvalue weighted by atomic mass is 10.2. The molecule has 1 N–H and O–H groups in total. The van der Waals surface area contributed by atoms with Gasteiger partial charge < -0.3 is 15.0 Å². The van der Waals surface area contributed by atoms with Crippen LogP contribution in [0, 0.1) is 0 Å². The van der Waals surface area contributed by atoms with Crippen LogP contribution in [0.15, 0.2) is 0 Å². The number of nitrogens with zero attached hydrogens (tertiary/aromatic N) is 3. The molecule has 0 aromatic heterocycles. The summed E-state index contributed by atoms with van der Waals surface area (Å²) in [6.45, 7) is 11.2. The van der Waals surface area contributed by atoms with Gasteiger partial charge in [-0.15, -0.1) is 0 Å². The molecule has 2 rings (SSSR count). The Balaban J connectivity index is 1.67. The Bertz CT molecular complexity index is 411. The number of amides is 2. The molecule has 2 saturated heterocycles. The van der Waals surface area contributed by atoms with Crippen molar-refractivity contribution in [3.63, 3.8) is 0 Å². The first-order valence-corrected chi connectivity index (χ1v) is 9.23. The van der Waals surface area contributed by atoms with E-state index < -0.39 is 0 Å². The molecule has 2 heterocycles. The Morgan fingerprint density at radius 3 is 2.33 bits per heavy atom. The SMILES string of the molecule is CCCNC(=O)CN1CCN(CC(=O)N2CCOC(CC)C2)CC1. The maximum Gasteiger partial charge on any atom is 0.236 e. The average Bonchev–Trinajstić information content (AvgIpc) is 2.61. The average molecular weight is 340 g/mol. The molecule has 0 aliphatic carbocycles. The second-order valence-electron chi connectivity index (χ2n) is 6.64. The fourth-order valence-electron chi connectivity index (χ4n) is 3.11. The molecule has 0 saturated carbocycles. The van der Waals surface area contributed by atoms with Crippen molar-refractivity contribution >= 4 is 11.8 Å². The number of hydrogen-bond donors (Lipinski definition) is 1. The predicted octanol–water partition coefficient (Wildman–Crippen LogP) is -0.232. The molecule has 0 aromatic rings. The van der Waals surface area contributed by atoms with Gasteiger partial charge >= 0.3 is 0 Å². The van der Waals surface area contributed by atoms with E-state index in [9.17, 15) is 9.59 Å². The number of morpholine rings is 1. The van der Waals surface area contributed by atoms with E-state index in [1.807, 2.05) is 11.8 Å². The zero-order valence-electron chi connectivity index (χ0n) is 15.1. The molecular weight excluding hydrogens is 308 g/mol. The van der Waals surface area contributed by atoms with Crippen LogP contribution in [-0.4, -0.2) is 98.1 Å². The first-order valence-electron chi connectivity index (χ1n) is 9.23. The van der Waals surface area contributed by atoms with E-state index >= 15 is 0 Å². The van der Waals surface area contributed by atoms with Gasteiger partial charge in [0.2, 0.25) is 11.8 Å². The normalized spacial score (nSPS) is 23.2. The molecule has 2 fully saturated rings. The van der Waals surface area contributed by atoms with Gasteiger partial charge in [0, 0.05) is 45.8 Å². The van der Waals surface area contributed by atoms with Crippen LogP contribution in [0.1, 0.15) is 26.7 Å². The summed E-state index contributed by atoms with van der Waals surface area (Å²) in [4.78, 5) is 30.5. The molecule has 0 radical (unpaired) electrons. The Morgan fingerprint density at radius 2 is 1.71 bits per heavy atom. The summed E-state index contributed by atoms with van der Waals surface area (Å²) in [5.41, 5.74) is 0. The maximum atomic E-state index is 12.5. The van der Waals surface area contributed by atoms with Crippen molar-refractivity contribution in [2.75, 3.05) is 65.5 Å². The molecule has 0 aromatic carbocycles. The number of carbonyl (C=O) groups excluding carboxylic acids is 2. The Kier molecular flexibility index (Phi) is 7.94. The van der Waals surface area contributed by atoms with Crippen molar-refractivity contribution < 1.29 is 14.3 Å². The van der Waals surface area contributed by atoms with E-state index in [4.69, 9.17) is 4.74 Å². The van der Waals surface area contributed by atoms with Crippen LogP contribution in [0.4, 0.5) is 0 Å². The van der Waals surface area contributed by atoms with Gasteiger partial charge in [-0.1, -0.05) is 13.8 Å². The number of rotatable bonds is 7. The third kappa shape index (κ3) is 6.03. The highest BCUT2D eigenvalue weighted by Crippen LogP contribution is 2.09. The monoisotopic (exact) mass is 340 g/mol. The molecule has 0 bridgehead atoms. The smallest absolute Gasteiger partial charge is 0.236 e. The zero-order chi connectivity index (χ0) is 17.4. The van der Waals surface area contributed by atoms with Crippen molar-refractivity contribution in [3.05, 3.63) is 0 Å². The molecular formula is C17H32N4O3. The van der Waals surface area contributed by atoms with Crippen LogP contribution in [0.2, 0.25) is 0 Å². The highest BCUT2D eigenvalue weighted by molar-refractivity contribution is 5.78. The number of piperazine rings is 1. The summed E-state index contributed by atoms with van der Waals surface area (Å²) in [6, 6.07) is 0. The lowest BCUT2D eigenvalue weighted by molar-refractivity contribution is -0.140. The van der Waals surface area contributed by atoms with E-state index in [2.05, 4.69) is 22.0 Å². The first-order chi connectivity index (χ1) is 11.6. The van der Waals surface area contributed by atoms with Crippen molar-refractivity contribution in [3.8, 4) is 0 Å². The number of hydrogen-bond acceptors (Lipinski definition) is 5. The standard InChI is InChI=1S/C17H32N4O3/c1-3-5-18-16(22)13-19-6-8-20(9-7-19)14-17(23)21-10-11-24-15(4-2)12-21/h15H,3-14H2,1-2H3,(H,18,22). The lowest BCUT2D eigenvalue weighted by Gasteiger charge is -2.37. The number of carbonyl (C=O) groups is 2. The minimum absolute atomic E-state index is 0.0975. The minimum Gasteiger partial charge on any atom is -0.375 e. The highest BCUT2D eigenvalue weighted by atomic mass is 16.5. The third-order valence-electron chi connectivity index (χ3n) is 4.71. The van der Waals surface area contributed by atoms with Crippen LogP contribution in [0.25, 0.3) is 0 Å². The number of ether oxygens (including phenoxy) is 1. The molecule has 1 unspecified atom stereocenters. The summed E-state index contributed by atoms with van der Waals surface area (Å²) in [6.07, 6.45) is 2.09. The number of nitrogens with one attached hydrogen (secondary N) is 1. The molecule has 0 spiro atoms. The quantitative estimate of drug-likeness (QED) is 0.693. The maximum absolute atomic E-state index is 12.5. The molecule has 2 aliphatic rings. The van der Waals surface area contributed by atoms with E-state index in [1.54, 1.807) is 0 Å². The Labute approximate surface area is 145 Å². The summed E-state index contributed by atoms with van der Waals surface area (Å²) in [7, 11) is 0. The third-order valence-corrected chi connectivity index (χ3v) is 4.71. The highest BCUT2D eigenvalue weighted by Gasteiger charge is 2.26. The van der Waals surface area contributed by atoms with Crippen molar-refractivity contribution in [1.82, 2.24) is 20.0 Å².